The molecule has 0 aliphatic rings. The van der Waals surface area contributed by atoms with Crippen molar-refractivity contribution >= 4 is 11.6 Å². The number of hydrogen-bond acceptors (Lipinski definition) is 3. The second-order valence-corrected chi connectivity index (χ2v) is 3.88. The molecule has 1 aromatic carbocycles. The summed E-state index contributed by atoms with van der Waals surface area (Å²) in [6.45, 7) is 1.97. The van der Waals surface area contributed by atoms with Gasteiger partial charge in [-0.25, -0.2) is 4.39 Å². The Labute approximate surface area is 99.7 Å². The summed E-state index contributed by atoms with van der Waals surface area (Å²) in [6, 6.07) is 4.32. The zero-order valence-electron chi connectivity index (χ0n) is 9.17. The molecular formula is C11H16ClFN2O. The zero-order valence-corrected chi connectivity index (χ0v) is 9.93. The van der Waals surface area contributed by atoms with Crippen molar-refractivity contribution < 1.29 is 9.13 Å². The lowest BCUT2D eigenvalue weighted by molar-refractivity contribution is 0.199. The molecule has 90 valence electrons. The number of nitrogens with one attached hydrogen (secondary N) is 1. The molecule has 5 heteroatoms. The van der Waals surface area contributed by atoms with Gasteiger partial charge in [-0.15, -0.1) is 0 Å². The Bertz CT molecular complexity index is 336. The summed E-state index contributed by atoms with van der Waals surface area (Å²) in [4.78, 5) is 0. The second-order valence-electron chi connectivity index (χ2n) is 3.48. The Morgan fingerprint density at radius 2 is 2.31 bits per heavy atom. The van der Waals surface area contributed by atoms with Crippen molar-refractivity contribution in [3.05, 3.63) is 34.6 Å². The number of methoxy groups -OCH3 is 1. The SMILES string of the molecule is COCCNC[C@@H](N)c1ccc(F)c(Cl)c1. The molecule has 0 aromatic heterocycles. The molecular weight excluding hydrogens is 231 g/mol. The maximum Gasteiger partial charge on any atom is 0.141 e. The molecule has 0 saturated carbocycles. The van der Waals surface area contributed by atoms with Crippen LogP contribution in [0.2, 0.25) is 5.02 Å². The minimum absolute atomic E-state index is 0.102. The summed E-state index contributed by atoms with van der Waals surface area (Å²) in [5, 5.41) is 3.23. The van der Waals surface area contributed by atoms with E-state index in [1.165, 1.54) is 6.07 Å². The fraction of sp³-hybridized carbons (Fsp3) is 0.455. The van der Waals surface area contributed by atoms with Crippen molar-refractivity contribution in [2.24, 2.45) is 5.73 Å². The fourth-order valence-electron chi connectivity index (χ4n) is 1.29. The predicted octanol–water partition coefficient (Wildman–Crippen LogP) is 1.71. The van der Waals surface area contributed by atoms with Crippen LogP contribution in [-0.2, 0) is 4.74 Å². The molecule has 0 fully saturated rings. The molecule has 16 heavy (non-hydrogen) atoms. The third kappa shape index (κ3) is 4.06. The average molecular weight is 247 g/mol. The number of halogens is 2. The molecule has 0 bridgehead atoms. The first-order chi connectivity index (χ1) is 7.65. The van der Waals surface area contributed by atoms with E-state index in [0.29, 0.717) is 13.2 Å². The highest BCUT2D eigenvalue weighted by Gasteiger charge is 2.08. The van der Waals surface area contributed by atoms with Gasteiger partial charge in [-0.05, 0) is 17.7 Å². The van der Waals surface area contributed by atoms with Gasteiger partial charge >= 0.3 is 0 Å². The normalized spacial score (nSPS) is 12.8. The first kappa shape index (κ1) is 13.4. The third-order valence-corrected chi connectivity index (χ3v) is 2.51. The van der Waals surface area contributed by atoms with Gasteiger partial charge in [0.2, 0.25) is 0 Å². The van der Waals surface area contributed by atoms with Crippen LogP contribution in [0.15, 0.2) is 18.2 Å². The van der Waals surface area contributed by atoms with Gasteiger partial charge in [0.1, 0.15) is 5.82 Å². The second kappa shape index (κ2) is 6.81. The molecule has 0 amide bonds. The average Bonchev–Trinajstić information content (AvgIpc) is 2.28. The van der Waals surface area contributed by atoms with E-state index in [9.17, 15) is 4.39 Å². The van der Waals surface area contributed by atoms with Crippen LogP contribution in [-0.4, -0.2) is 26.8 Å². The molecule has 0 aliphatic carbocycles. The summed E-state index contributed by atoms with van der Waals surface area (Å²) < 4.78 is 17.8. The van der Waals surface area contributed by atoms with E-state index in [2.05, 4.69) is 5.32 Å². The van der Waals surface area contributed by atoms with Gasteiger partial charge in [-0.3, -0.25) is 0 Å². The molecule has 1 rings (SSSR count). The van der Waals surface area contributed by atoms with E-state index >= 15 is 0 Å². The van der Waals surface area contributed by atoms with Crippen LogP contribution < -0.4 is 11.1 Å². The lowest BCUT2D eigenvalue weighted by Crippen LogP contribution is -2.29. The van der Waals surface area contributed by atoms with Gasteiger partial charge in [0.25, 0.3) is 0 Å². The summed E-state index contributed by atoms with van der Waals surface area (Å²) >= 11 is 5.67. The largest absolute Gasteiger partial charge is 0.383 e. The number of benzene rings is 1. The number of nitrogens with two attached hydrogens (primary N) is 1. The highest BCUT2D eigenvalue weighted by atomic mass is 35.5. The molecule has 1 atom stereocenters. The first-order valence-electron chi connectivity index (χ1n) is 5.05. The maximum absolute atomic E-state index is 12.9. The Balaban J connectivity index is 2.46. The first-order valence-corrected chi connectivity index (χ1v) is 5.43. The van der Waals surface area contributed by atoms with Crippen LogP contribution in [0.5, 0.6) is 0 Å². The van der Waals surface area contributed by atoms with Crippen LogP contribution in [0.1, 0.15) is 11.6 Å². The topological polar surface area (TPSA) is 47.3 Å². The minimum Gasteiger partial charge on any atom is -0.383 e. The van der Waals surface area contributed by atoms with Gasteiger partial charge < -0.3 is 15.8 Å². The zero-order chi connectivity index (χ0) is 12.0. The number of rotatable bonds is 6. The smallest absolute Gasteiger partial charge is 0.141 e. The van der Waals surface area contributed by atoms with Crippen LogP contribution in [0.25, 0.3) is 0 Å². The molecule has 0 aliphatic heterocycles. The molecule has 1 aromatic rings. The maximum atomic E-state index is 12.9. The van der Waals surface area contributed by atoms with Gasteiger partial charge in [0, 0.05) is 26.2 Å². The van der Waals surface area contributed by atoms with E-state index < -0.39 is 5.82 Å². The predicted molar refractivity (Wildman–Crippen MR) is 63.1 cm³/mol. The summed E-state index contributed by atoms with van der Waals surface area (Å²) in [5.41, 5.74) is 6.73. The lowest BCUT2D eigenvalue weighted by Gasteiger charge is -2.13. The monoisotopic (exact) mass is 246 g/mol. The Morgan fingerprint density at radius 3 is 2.94 bits per heavy atom. The van der Waals surface area contributed by atoms with Crippen molar-refractivity contribution in [3.8, 4) is 0 Å². The number of hydrogen-bond donors (Lipinski definition) is 2. The van der Waals surface area contributed by atoms with Crippen LogP contribution >= 0.6 is 11.6 Å². The van der Waals surface area contributed by atoms with Gasteiger partial charge in [-0.2, -0.15) is 0 Å². The Kier molecular flexibility index (Phi) is 5.69. The molecule has 0 saturated heterocycles. The van der Waals surface area contributed by atoms with E-state index in [1.54, 1.807) is 19.2 Å². The molecule has 0 heterocycles. The van der Waals surface area contributed by atoms with E-state index in [4.69, 9.17) is 22.1 Å². The summed E-state index contributed by atoms with van der Waals surface area (Å²) in [6.07, 6.45) is 0. The standard InChI is InChI=1S/C11H16ClFN2O/c1-16-5-4-15-7-11(14)8-2-3-10(13)9(12)6-8/h2-3,6,11,15H,4-5,7,14H2,1H3/t11-/m1/s1. The highest BCUT2D eigenvalue weighted by molar-refractivity contribution is 6.30. The summed E-state index contributed by atoms with van der Waals surface area (Å²) in [5.74, 6) is -0.426. The quantitative estimate of drug-likeness (QED) is 0.752. The highest BCUT2D eigenvalue weighted by Crippen LogP contribution is 2.19. The number of ether oxygens (including phenoxy) is 1. The molecule has 3 nitrogen and oxygen atoms in total. The molecule has 3 N–H and O–H groups in total. The van der Waals surface area contributed by atoms with E-state index in [-0.39, 0.29) is 11.1 Å². The Hall–Kier alpha value is -0.680. The lowest BCUT2D eigenvalue weighted by atomic mass is 10.1. The van der Waals surface area contributed by atoms with Gasteiger partial charge in [0.05, 0.1) is 11.6 Å². The fourth-order valence-corrected chi connectivity index (χ4v) is 1.48. The van der Waals surface area contributed by atoms with Crippen molar-refractivity contribution in [1.29, 1.82) is 0 Å². The van der Waals surface area contributed by atoms with E-state index in [0.717, 1.165) is 12.1 Å². The Morgan fingerprint density at radius 1 is 1.56 bits per heavy atom. The van der Waals surface area contributed by atoms with Crippen LogP contribution in [0, 0.1) is 5.82 Å². The van der Waals surface area contributed by atoms with E-state index in [1.807, 2.05) is 0 Å². The van der Waals surface area contributed by atoms with Crippen LogP contribution in [0.4, 0.5) is 4.39 Å². The third-order valence-electron chi connectivity index (χ3n) is 2.22. The van der Waals surface area contributed by atoms with Crippen molar-refractivity contribution in [2.75, 3.05) is 26.8 Å². The van der Waals surface area contributed by atoms with Gasteiger partial charge in [-0.1, -0.05) is 17.7 Å². The molecule has 0 radical (unpaired) electrons. The van der Waals surface area contributed by atoms with Crippen LogP contribution in [0.3, 0.4) is 0 Å². The summed E-state index contributed by atoms with van der Waals surface area (Å²) in [7, 11) is 1.64. The van der Waals surface area contributed by atoms with Crippen molar-refractivity contribution in [1.82, 2.24) is 5.32 Å². The van der Waals surface area contributed by atoms with Crippen molar-refractivity contribution in [3.63, 3.8) is 0 Å². The molecule has 0 unspecified atom stereocenters. The van der Waals surface area contributed by atoms with Crippen molar-refractivity contribution in [2.45, 2.75) is 6.04 Å². The molecule has 0 spiro atoms. The van der Waals surface area contributed by atoms with Gasteiger partial charge in [0.15, 0.2) is 0 Å². The minimum atomic E-state index is -0.426.